The summed E-state index contributed by atoms with van der Waals surface area (Å²) in [6, 6.07) is 16.5. The fourth-order valence-corrected chi connectivity index (χ4v) is 4.10. The molecule has 0 amide bonds. The summed E-state index contributed by atoms with van der Waals surface area (Å²) in [7, 11) is 0. The van der Waals surface area contributed by atoms with Crippen LogP contribution in [-0.2, 0) is 17.8 Å². The van der Waals surface area contributed by atoms with E-state index in [1.165, 1.54) is 17.7 Å². The molecule has 1 aliphatic heterocycles. The van der Waals surface area contributed by atoms with Gasteiger partial charge >= 0.3 is 5.97 Å². The van der Waals surface area contributed by atoms with Crippen LogP contribution in [0.1, 0.15) is 40.2 Å². The molecule has 0 radical (unpaired) electrons. The van der Waals surface area contributed by atoms with E-state index < -0.39 is 10.9 Å². The minimum absolute atomic E-state index is 0.0824. The lowest BCUT2D eigenvalue weighted by atomic mass is 9.90. The van der Waals surface area contributed by atoms with Gasteiger partial charge in [-0.25, -0.2) is 4.79 Å². The van der Waals surface area contributed by atoms with Crippen LogP contribution in [0.3, 0.4) is 0 Å². The highest BCUT2D eigenvalue weighted by molar-refractivity contribution is 5.96. The Morgan fingerprint density at radius 1 is 1.19 bits per heavy atom. The van der Waals surface area contributed by atoms with Crippen molar-refractivity contribution >= 4 is 17.3 Å². The summed E-state index contributed by atoms with van der Waals surface area (Å²) in [4.78, 5) is 25.7. The minimum atomic E-state index is -0.621. The highest BCUT2D eigenvalue weighted by Gasteiger charge is 2.26. The van der Waals surface area contributed by atoms with Gasteiger partial charge < -0.3 is 14.2 Å². The van der Waals surface area contributed by atoms with E-state index in [9.17, 15) is 14.9 Å². The molecule has 8 heteroatoms. The van der Waals surface area contributed by atoms with Gasteiger partial charge in [0.1, 0.15) is 0 Å². The molecule has 166 valence electrons. The van der Waals surface area contributed by atoms with Gasteiger partial charge in [-0.3, -0.25) is 10.1 Å². The first-order chi connectivity index (χ1) is 15.5. The number of rotatable bonds is 7. The van der Waals surface area contributed by atoms with Crippen molar-refractivity contribution in [3.05, 3.63) is 87.3 Å². The number of nitro groups is 1. The van der Waals surface area contributed by atoms with Crippen LogP contribution in [0.4, 0.5) is 11.4 Å². The lowest BCUT2D eigenvalue weighted by molar-refractivity contribution is -0.384. The van der Waals surface area contributed by atoms with Gasteiger partial charge in [-0.2, -0.15) is 0 Å². The number of benzene rings is 2. The van der Waals surface area contributed by atoms with E-state index in [1.54, 1.807) is 19.1 Å². The van der Waals surface area contributed by atoms with Crippen LogP contribution in [0, 0.1) is 23.0 Å². The number of carbonyl (C=O) groups excluding carboxylic acids is 1. The molecule has 0 unspecified atom stereocenters. The molecule has 2 aromatic carbocycles. The molecule has 0 spiro atoms. The molecule has 1 aliphatic rings. The number of esters is 1. The smallest absolute Gasteiger partial charge is 0.340 e. The number of anilines is 1. The molecule has 0 bridgehead atoms. The van der Waals surface area contributed by atoms with Crippen molar-refractivity contribution in [1.82, 2.24) is 5.16 Å². The van der Waals surface area contributed by atoms with Gasteiger partial charge in [0.15, 0.2) is 12.4 Å². The number of piperidine rings is 1. The molecule has 32 heavy (non-hydrogen) atoms. The van der Waals surface area contributed by atoms with Gasteiger partial charge in [0.25, 0.3) is 5.69 Å². The molecule has 0 N–H and O–H groups in total. The van der Waals surface area contributed by atoms with Gasteiger partial charge in [-0.1, -0.05) is 35.5 Å². The predicted octanol–water partition coefficient (Wildman–Crippen LogP) is 4.71. The molecule has 3 aromatic rings. The number of hydrogen-bond donors (Lipinski definition) is 0. The van der Waals surface area contributed by atoms with Gasteiger partial charge in [0, 0.05) is 31.3 Å². The van der Waals surface area contributed by atoms with E-state index in [1.807, 2.05) is 6.07 Å². The lowest BCUT2D eigenvalue weighted by Gasteiger charge is -2.34. The van der Waals surface area contributed by atoms with E-state index in [2.05, 4.69) is 34.3 Å². The molecule has 0 saturated carbocycles. The number of non-ortho nitro benzene ring substituents is 1. The quantitative estimate of drug-likeness (QED) is 0.301. The summed E-state index contributed by atoms with van der Waals surface area (Å²) in [5.41, 5.74) is 2.72. The second-order valence-electron chi connectivity index (χ2n) is 8.09. The van der Waals surface area contributed by atoms with Crippen LogP contribution in [-0.4, -0.2) is 29.1 Å². The number of aryl methyl sites for hydroxylation is 1. The first-order valence-corrected chi connectivity index (χ1v) is 10.7. The van der Waals surface area contributed by atoms with Crippen LogP contribution < -0.4 is 4.90 Å². The average molecular weight is 435 g/mol. The summed E-state index contributed by atoms with van der Waals surface area (Å²) in [5.74, 6) is 0.366. The Labute approximate surface area is 185 Å². The fraction of sp³-hybridized carbons (Fsp3) is 0.333. The number of nitrogens with zero attached hydrogens (tertiary/aromatic N) is 3. The number of nitro benzene ring substituents is 1. The second kappa shape index (κ2) is 9.64. The van der Waals surface area contributed by atoms with Crippen molar-refractivity contribution in [2.24, 2.45) is 5.92 Å². The molecule has 1 saturated heterocycles. The molecule has 4 rings (SSSR count). The van der Waals surface area contributed by atoms with Crippen LogP contribution in [0.2, 0.25) is 0 Å². The molecular formula is C24H25N3O5. The summed E-state index contributed by atoms with van der Waals surface area (Å²) >= 11 is 0. The summed E-state index contributed by atoms with van der Waals surface area (Å²) in [6.45, 7) is 3.24. The van der Waals surface area contributed by atoms with E-state index in [4.69, 9.17) is 9.26 Å². The molecule has 1 aromatic heterocycles. The predicted molar refractivity (Wildman–Crippen MR) is 119 cm³/mol. The molecule has 2 heterocycles. The zero-order chi connectivity index (χ0) is 22.5. The number of ether oxygens (including phenoxy) is 1. The minimum Gasteiger partial charge on any atom is -0.454 e. The van der Waals surface area contributed by atoms with Crippen LogP contribution in [0.5, 0.6) is 0 Å². The first kappa shape index (κ1) is 21.5. The van der Waals surface area contributed by atoms with Crippen molar-refractivity contribution in [1.29, 1.82) is 0 Å². The Hall–Kier alpha value is -3.68. The first-order valence-electron chi connectivity index (χ1n) is 10.7. The largest absolute Gasteiger partial charge is 0.454 e. The second-order valence-corrected chi connectivity index (χ2v) is 8.09. The van der Waals surface area contributed by atoms with E-state index >= 15 is 0 Å². The van der Waals surface area contributed by atoms with Crippen molar-refractivity contribution in [3.63, 3.8) is 0 Å². The Morgan fingerprint density at radius 3 is 2.59 bits per heavy atom. The number of aromatic nitrogens is 1. The Balaban J connectivity index is 1.46. The SMILES string of the molecule is Cc1cc(COC(=O)c2cc([N+](=O)[O-])ccc2N2CCC(Cc3ccccc3)CC2)on1. The summed E-state index contributed by atoms with van der Waals surface area (Å²) in [5, 5.41) is 15.0. The van der Waals surface area contributed by atoms with Gasteiger partial charge in [0.2, 0.25) is 0 Å². The maximum Gasteiger partial charge on any atom is 0.340 e. The van der Waals surface area contributed by atoms with E-state index in [0.29, 0.717) is 23.1 Å². The summed E-state index contributed by atoms with van der Waals surface area (Å²) < 4.78 is 10.4. The number of hydrogen-bond acceptors (Lipinski definition) is 7. The van der Waals surface area contributed by atoms with Gasteiger partial charge in [-0.05, 0) is 43.7 Å². The third-order valence-corrected chi connectivity index (χ3v) is 5.76. The Morgan fingerprint density at radius 2 is 1.94 bits per heavy atom. The third kappa shape index (κ3) is 5.14. The highest BCUT2D eigenvalue weighted by Crippen LogP contribution is 2.31. The Bertz CT molecular complexity index is 1090. The highest BCUT2D eigenvalue weighted by atomic mass is 16.6. The average Bonchev–Trinajstić information content (AvgIpc) is 3.23. The van der Waals surface area contributed by atoms with E-state index in [-0.39, 0.29) is 17.9 Å². The zero-order valence-corrected chi connectivity index (χ0v) is 17.9. The zero-order valence-electron chi connectivity index (χ0n) is 17.9. The lowest BCUT2D eigenvalue weighted by Crippen LogP contribution is -2.35. The van der Waals surface area contributed by atoms with Crippen molar-refractivity contribution in [2.45, 2.75) is 32.8 Å². The summed E-state index contributed by atoms with van der Waals surface area (Å²) in [6.07, 6.45) is 3.00. The van der Waals surface area contributed by atoms with Crippen molar-refractivity contribution in [3.8, 4) is 0 Å². The van der Waals surface area contributed by atoms with Gasteiger partial charge in [0.05, 0.1) is 21.9 Å². The van der Waals surface area contributed by atoms with Crippen LogP contribution >= 0.6 is 0 Å². The Kier molecular flexibility index (Phi) is 6.49. The molecule has 0 atom stereocenters. The van der Waals surface area contributed by atoms with Crippen LogP contribution in [0.25, 0.3) is 0 Å². The monoisotopic (exact) mass is 435 g/mol. The van der Waals surface area contributed by atoms with Crippen LogP contribution in [0.15, 0.2) is 59.1 Å². The fourth-order valence-electron chi connectivity index (χ4n) is 4.10. The maximum absolute atomic E-state index is 12.8. The standard InChI is InChI=1S/C24H25N3O5/c1-17-13-21(32-25-17)16-31-24(28)22-15-20(27(29)30)7-8-23(22)26-11-9-19(10-12-26)14-18-5-3-2-4-6-18/h2-8,13,15,19H,9-12,14,16H2,1H3. The van der Waals surface area contributed by atoms with Crippen molar-refractivity contribution < 1.29 is 19.0 Å². The molecule has 1 fully saturated rings. The molecular weight excluding hydrogens is 410 g/mol. The number of carbonyl (C=O) groups is 1. The van der Waals surface area contributed by atoms with Crippen molar-refractivity contribution in [2.75, 3.05) is 18.0 Å². The third-order valence-electron chi connectivity index (χ3n) is 5.76. The maximum atomic E-state index is 12.8. The molecule has 8 nitrogen and oxygen atoms in total. The van der Waals surface area contributed by atoms with Gasteiger partial charge in [-0.15, -0.1) is 0 Å². The normalized spacial score (nSPS) is 14.3. The molecule has 0 aliphatic carbocycles. The van der Waals surface area contributed by atoms with E-state index in [0.717, 1.165) is 32.4 Å². The topological polar surface area (TPSA) is 98.7 Å².